The molecule has 1 spiro atoms. The number of carbonyl (C=O) groups excluding carboxylic acids is 2. The van der Waals surface area contributed by atoms with Crippen molar-refractivity contribution in [2.45, 2.75) is 38.4 Å². The molecule has 2 aliphatic rings. The highest BCUT2D eigenvalue weighted by molar-refractivity contribution is 6.05. The Bertz CT molecular complexity index is 1440. The molecule has 6 rings (SSSR count). The molecule has 10 heteroatoms. The van der Waals surface area contributed by atoms with Crippen LogP contribution in [-0.2, 0) is 9.53 Å². The second-order valence-corrected chi connectivity index (χ2v) is 8.59. The van der Waals surface area contributed by atoms with Crippen LogP contribution in [0.2, 0.25) is 0 Å². The molecule has 1 aromatic carbocycles. The van der Waals surface area contributed by atoms with Gasteiger partial charge in [0, 0.05) is 24.6 Å². The van der Waals surface area contributed by atoms with Crippen LogP contribution >= 0.6 is 0 Å². The van der Waals surface area contributed by atoms with Crippen LogP contribution in [0.1, 0.15) is 41.7 Å². The van der Waals surface area contributed by atoms with E-state index >= 15 is 0 Å². The van der Waals surface area contributed by atoms with E-state index in [1.54, 1.807) is 37.3 Å². The van der Waals surface area contributed by atoms with Gasteiger partial charge in [-0.3, -0.25) is 4.79 Å². The van der Waals surface area contributed by atoms with E-state index in [1.165, 1.54) is 12.3 Å². The molecule has 35 heavy (non-hydrogen) atoms. The van der Waals surface area contributed by atoms with Crippen LogP contribution in [0.3, 0.4) is 0 Å². The van der Waals surface area contributed by atoms with Crippen molar-refractivity contribution in [3.63, 3.8) is 0 Å². The van der Waals surface area contributed by atoms with Crippen molar-refractivity contribution < 1.29 is 32.7 Å². The first-order valence-corrected chi connectivity index (χ1v) is 11.3. The topological polar surface area (TPSA) is 126 Å². The monoisotopic (exact) mass is 475 g/mol. The number of anilines is 1. The molecule has 1 aliphatic heterocycles. The maximum Gasteiger partial charge on any atom is 0.339 e. The van der Waals surface area contributed by atoms with Crippen molar-refractivity contribution in [2.75, 3.05) is 11.9 Å². The van der Waals surface area contributed by atoms with E-state index in [0.717, 1.165) is 25.7 Å². The first-order valence-electron chi connectivity index (χ1n) is 11.3. The number of nitrogens with one attached hydrogen (secondary N) is 1. The molecule has 4 heterocycles. The molecule has 1 saturated carbocycles. The number of hydrogen-bond acceptors (Lipinski definition) is 9. The van der Waals surface area contributed by atoms with Gasteiger partial charge in [0.25, 0.3) is 17.4 Å². The van der Waals surface area contributed by atoms with E-state index in [2.05, 4.69) is 15.5 Å². The summed E-state index contributed by atoms with van der Waals surface area (Å²) in [6, 6.07) is 10.1. The number of benzene rings is 1. The fourth-order valence-corrected chi connectivity index (χ4v) is 4.50. The predicted octanol–water partition coefficient (Wildman–Crippen LogP) is 4.63. The normalized spacial score (nSPS) is 15.6. The van der Waals surface area contributed by atoms with Gasteiger partial charge in [-0.05, 0) is 50.1 Å². The van der Waals surface area contributed by atoms with Gasteiger partial charge in [-0.25, -0.2) is 9.78 Å². The molecule has 0 unspecified atom stereocenters. The minimum absolute atomic E-state index is 0.174. The number of fused-ring (bicyclic) bond motifs is 2. The Morgan fingerprint density at radius 2 is 1.94 bits per heavy atom. The average molecular weight is 475 g/mol. The first kappa shape index (κ1) is 21.2. The lowest BCUT2D eigenvalue weighted by molar-refractivity contribution is -0.119. The van der Waals surface area contributed by atoms with Crippen molar-refractivity contribution in [1.29, 1.82) is 0 Å². The summed E-state index contributed by atoms with van der Waals surface area (Å²) < 4.78 is 27.9. The molecule has 1 N–H and O–H groups in total. The minimum Gasteiger partial charge on any atom is -0.463 e. The summed E-state index contributed by atoms with van der Waals surface area (Å²) in [6.45, 7) is 1.21. The maximum atomic E-state index is 12.9. The summed E-state index contributed by atoms with van der Waals surface area (Å²) in [6.07, 6.45) is 5.30. The van der Waals surface area contributed by atoms with Gasteiger partial charge in [0.05, 0.1) is 22.9 Å². The quantitative estimate of drug-likeness (QED) is 0.411. The van der Waals surface area contributed by atoms with Gasteiger partial charge in [-0.2, -0.15) is 0 Å². The van der Waals surface area contributed by atoms with Crippen molar-refractivity contribution in [3.05, 3.63) is 53.9 Å². The SMILES string of the molecule is Cc1noc2nc(-c3ccco3)cc(C(=O)OCC(=O)Nc3ccc4c(c3)OC3(CCCC3)O4)c12. The zero-order valence-electron chi connectivity index (χ0n) is 18.8. The number of furan rings is 1. The Morgan fingerprint density at radius 1 is 1.11 bits per heavy atom. The highest BCUT2D eigenvalue weighted by Crippen LogP contribution is 2.47. The lowest BCUT2D eigenvalue weighted by atomic mass is 10.1. The fourth-order valence-electron chi connectivity index (χ4n) is 4.50. The number of aryl methyl sites for hydroxylation is 1. The Kier molecular flexibility index (Phi) is 4.94. The number of aromatic nitrogens is 2. The Labute approximate surface area is 199 Å². The number of ether oxygens (including phenoxy) is 3. The molecule has 0 radical (unpaired) electrons. The molecule has 4 aromatic rings. The summed E-state index contributed by atoms with van der Waals surface area (Å²) in [4.78, 5) is 29.8. The summed E-state index contributed by atoms with van der Waals surface area (Å²) in [5.41, 5.74) is 1.74. The lowest BCUT2D eigenvalue weighted by Crippen LogP contribution is -2.34. The van der Waals surface area contributed by atoms with E-state index in [0.29, 0.717) is 39.7 Å². The van der Waals surface area contributed by atoms with Gasteiger partial charge >= 0.3 is 5.97 Å². The number of carbonyl (C=O) groups is 2. The van der Waals surface area contributed by atoms with Gasteiger partial charge < -0.3 is 28.5 Å². The molecular weight excluding hydrogens is 454 g/mol. The second-order valence-electron chi connectivity index (χ2n) is 8.59. The van der Waals surface area contributed by atoms with Crippen LogP contribution in [0.25, 0.3) is 22.6 Å². The van der Waals surface area contributed by atoms with E-state index in [1.807, 2.05) is 0 Å². The van der Waals surface area contributed by atoms with Crippen molar-refractivity contribution >= 4 is 28.7 Å². The van der Waals surface area contributed by atoms with Crippen LogP contribution in [0.15, 0.2) is 51.6 Å². The number of esters is 1. The van der Waals surface area contributed by atoms with Gasteiger partial charge in [-0.15, -0.1) is 0 Å². The Balaban J connectivity index is 1.15. The molecule has 1 aliphatic carbocycles. The fraction of sp³-hybridized carbons (Fsp3) is 0.280. The molecule has 0 bridgehead atoms. The molecule has 0 saturated heterocycles. The van der Waals surface area contributed by atoms with Gasteiger partial charge in [0.1, 0.15) is 5.69 Å². The molecule has 178 valence electrons. The van der Waals surface area contributed by atoms with Crippen LogP contribution in [0.5, 0.6) is 11.5 Å². The standard InChI is InChI=1S/C25H21N3O7/c1-14-22-16(12-17(18-5-4-10-31-18)27-23(22)35-28-14)24(30)32-13-21(29)26-15-6-7-19-20(11-15)34-25(33-19)8-2-3-9-25/h4-7,10-12H,2-3,8-9,13H2,1H3,(H,26,29). The van der Waals surface area contributed by atoms with Crippen LogP contribution < -0.4 is 14.8 Å². The van der Waals surface area contributed by atoms with E-state index in [4.69, 9.17) is 23.2 Å². The molecule has 3 aromatic heterocycles. The summed E-state index contributed by atoms with van der Waals surface area (Å²) in [5.74, 6) is -0.0732. The number of amides is 1. The predicted molar refractivity (Wildman–Crippen MR) is 122 cm³/mol. The second kappa shape index (κ2) is 8.15. The summed E-state index contributed by atoms with van der Waals surface area (Å²) >= 11 is 0. The number of rotatable bonds is 5. The van der Waals surface area contributed by atoms with Crippen molar-refractivity contribution in [1.82, 2.24) is 10.1 Å². The third-order valence-corrected chi connectivity index (χ3v) is 6.13. The number of pyridine rings is 1. The summed E-state index contributed by atoms with van der Waals surface area (Å²) in [7, 11) is 0. The maximum absolute atomic E-state index is 12.9. The minimum atomic E-state index is -0.708. The molecule has 0 atom stereocenters. The van der Waals surface area contributed by atoms with Gasteiger partial charge in [0.2, 0.25) is 0 Å². The van der Waals surface area contributed by atoms with E-state index < -0.39 is 24.3 Å². The van der Waals surface area contributed by atoms with Crippen molar-refractivity contribution in [3.8, 4) is 23.0 Å². The first-order chi connectivity index (χ1) is 17.0. The highest BCUT2D eigenvalue weighted by atomic mass is 16.7. The largest absolute Gasteiger partial charge is 0.463 e. The molecule has 1 fully saturated rings. The third kappa shape index (κ3) is 3.86. The Hall–Kier alpha value is -4.34. The zero-order valence-corrected chi connectivity index (χ0v) is 18.8. The molecular formula is C25H21N3O7. The van der Waals surface area contributed by atoms with E-state index in [-0.39, 0.29) is 11.3 Å². The van der Waals surface area contributed by atoms with Crippen LogP contribution in [-0.4, -0.2) is 34.4 Å². The van der Waals surface area contributed by atoms with E-state index in [9.17, 15) is 9.59 Å². The van der Waals surface area contributed by atoms with Gasteiger partial charge in [-0.1, -0.05) is 5.16 Å². The van der Waals surface area contributed by atoms with Crippen LogP contribution in [0.4, 0.5) is 5.69 Å². The average Bonchev–Trinajstić information content (AvgIpc) is 3.65. The van der Waals surface area contributed by atoms with Crippen LogP contribution in [0, 0.1) is 6.92 Å². The molecule has 1 amide bonds. The summed E-state index contributed by atoms with van der Waals surface area (Å²) in [5, 5.41) is 7.03. The van der Waals surface area contributed by atoms with Crippen molar-refractivity contribution in [2.24, 2.45) is 0 Å². The molecule has 10 nitrogen and oxygen atoms in total. The highest BCUT2D eigenvalue weighted by Gasteiger charge is 2.44. The number of hydrogen-bond donors (Lipinski definition) is 1. The number of nitrogens with zero attached hydrogens (tertiary/aromatic N) is 2. The zero-order chi connectivity index (χ0) is 24.0. The Morgan fingerprint density at radius 3 is 2.74 bits per heavy atom. The smallest absolute Gasteiger partial charge is 0.339 e. The third-order valence-electron chi connectivity index (χ3n) is 6.13. The van der Waals surface area contributed by atoms with Gasteiger partial charge in [0.15, 0.2) is 23.9 Å². The lowest BCUT2D eigenvalue weighted by Gasteiger charge is -2.21.